The van der Waals surface area contributed by atoms with Gasteiger partial charge < -0.3 is 14.3 Å². The Balaban J connectivity index is 1.60. The first-order valence-corrected chi connectivity index (χ1v) is 9.56. The maximum atomic E-state index is 13.8. The van der Waals surface area contributed by atoms with Crippen molar-refractivity contribution in [1.82, 2.24) is 14.9 Å². The van der Waals surface area contributed by atoms with E-state index in [1.165, 1.54) is 17.7 Å². The fraction of sp³-hybridized carbons (Fsp3) is 0.217. The van der Waals surface area contributed by atoms with Crippen molar-refractivity contribution in [2.24, 2.45) is 7.05 Å². The third kappa shape index (κ3) is 3.92. The first kappa shape index (κ1) is 18.9. The molecule has 0 saturated carbocycles. The largest absolute Gasteiger partial charge is 0.464 e. The van der Waals surface area contributed by atoms with E-state index < -0.39 is 6.04 Å². The fourth-order valence-corrected chi connectivity index (χ4v) is 3.51. The smallest absolute Gasteiger partial charge is 0.225 e. The summed E-state index contributed by atoms with van der Waals surface area (Å²) in [6.07, 6.45) is 6.16. The Morgan fingerprint density at radius 2 is 2.14 bits per heavy atom. The van der Waals surface area contributed by atoms with E-state index in [1.807, 2.05) is 29.8 Å². The Bertz CT molecular complexity index is 1160. The van der Waals surface area contributed by atoms with Crippen LogP contribution in [0.5, 0.6) is 0 Å². The van der Waals surface area contributed by atoms with Crippen molar-refractivity contribution in [1.29, 1.82) is 0 Å². The van der Waals surface area contributed by atoms with E-state index in [9.17, 15) is 9.18 Å². The van der Waals surface area contributed by atoms with Crippen LogP contribution in [0, 0.1) is 5.82 Å². The zero-order valence-corrected chi connectivity index (χ0v) is 16.4. The molecule has 1 atom stereocenters. The van der Waals surface area contributed by atoms with Crippen LogP contribution in [0.2, 0.25) is 0 Å². The SMILES string of the molecule is CCc1ccc2c(CC(=O)NC(c3cccc(F)c3)c3nccn3C)coc2c1. The third-order valence-corrected chi connectivity index (χ3v) is 5.08. The number of aryl methyl sites for hydroxylation is 2. The molecule has 4 aromatic rings. The summed E-state index contributed by atoms with van der Waals surface area (Å²) in [6.45, 7) is 2.09. The van der Waals surface area contributed by atoms with Crippen LogP contribution in [0.15, 0.2) is 65.5 Å². The van der Waals surface area contributed by atoms with E-state index >= 15 is 0 Å². The molecule has 6 heteroatoms. The predicted octanol–water partition coefficient (Wildman–Crippen LogP) is 4.32. The Hall–Kier alpha value is -3.41. The van der Waals surface area contributed by atoms with Crippen LogP contribution in [-0.4, -0.2) is 15.5 Å². The van der Waals surface area contributed by atoms with Gasteiger partial charge in [-0.3, -0.25) is 4.79 Å². The number of nitrogens with one attached hydrogen (secondary N) is 1. The lowest BCUT2D eigenvalue weighted by Crippen LogP contribution is -2.32. The van der Waals surface area contributed by atoms with E-state index in [0.717, 1.165) is 23.0 Å². The molecule has 2 aromatic carbocycles. The molecule has 2 aromatic heterocycles. The van der Waals surface area contributed by atoms with E-state index in [4.69, 9.17) is 4.42 Å². The van der Waals surface area contributed by atoms with Gasteiger partial charge in [0.1, 0.15) is 23.3 Å². The monoisotopic (exact) mass is 391 g/mol. The zero-order chi connectivity index (χ0) is 20.4. The molecular formula is C23H22FN3O2. The molecule has 0 spiro atoms. The molecule has 0 aliphatic carbocycles. The molecule has 0 bridgehead atoms. The summed E-state index contributed by atoms with van der Waals surface area (Å²) in [5, 5.41) is 3.93. The number of furan rings is 1. The van der Waals surface area contributed by atoms with E-state index in [-0.39, 0.29) is 18.1 Å². The topological polar surface area (TPSA) is 60.1 Å². The minimum atomic E-state index is -0.553. The molecule has 0 saturated heterocycles. The third-order valence-electron chi connectivity index (χ3n) is 5.08. The van der Waals surface area contributed by atoms with Gasteiger partial charge in [0.15, 0.2) is 0 Å². The van der Waals surface area contributed by atoms with Gasteiger partial charge in [-0.1, -0.05) is 31.2 Å². The van der Waals surface area contributed by atoms with Crippen molar-refractivity contribution < 1.29 is 13.6 Å². The molecule has 0 radical (unpaired) electrons. The summed E-state index contributed by atoms with van der Waals surface area (Å²) in [5.74, 6) is 0.0848. The molecule has 5 nitrogen and oxygen atoms in total. The van der Waals surface area contributed by atoms with Crippen molar-refractivity contribution in [3.63, 3.8) is 0 Å². The molecule has 148 valence electrons. The minimum Gasteiger partial charge on any atom is -0.464 e. The van der Waals surface area contributed by atoms with Gasteiger partial charge in [0.05, 0.1) is 12.7 Å². The van der Waals surface area contributed by atoms with Crippen molar-refractivity contribution in [3.05, 3.63) is 89.5 Å². The number of carbonyl (C=O) groups is 1. The summed E-state index contributed by atoms with van der Waals surface area (Å²) in [5.41, 5.74) is 3.41. The number of halogens is 1. The molecule has 0 fully saturated rings. The first-order valence-electron chi connectivity index (χ1n) is 9.56. The number of hydrogen-bond donors (Lipinski definition) is 1. The quantitative estimate of drug-likeness (QED) is 0.533. The Morgan fingerprint density at radius 1 is 1.28 bits per heavy atom. The molecule has 1 unspecified atom stereocenters. The van der Waals surface area contributed by atoms with Crippen molar-refractivity contribution in [3.8, 4) is 0 Å². The van der Waals surface area contributed by atoms with Crippen molar-refractivity contribution >= 4 is 16.9 Å². The molecule has 4 rings (SSSR count). The molecule has 1 amide bonds. The first-order chi connectivity index (χ1) is 14.0. The number of aromatic nitrogens is 2. The van der Waals surface area contributed by atoms with Crippen LogP contribution in [0.3, 0.4) is 0 Å². The second-order valence-corrected chi connectivity index (χ2v) is 7.07. The minimum absolute atomic E-state index is 0.161. The molecule has 0 aliphatic heterocycles. The van der Waals surface area contributed by atoms with Crippen LogP contribution in [0.1, 0.15) is 35.5 Å². The van der Waals surface area contributed by atoms with Crippen LogP contribution in [-0.2, 0) is 24.7 Å². The molecule has 0 aliphatic rings. The van der Waals surface area contributed by atoms with E-state index in [1.54, 1.807) is 30.8 Å². The normalized spacial score (nSPS) is 12.2. The van der Waals surface area contributed by atoms with Gasteiger partial charge in [-0.25, -0.2) is 9.37 Å². The number of rotatable bonds is 6. The average Bonchev–Trinajstić information content (AvgIpc) is 3.32. The summed E-state index contributed by atoms with van der Waals surface area (Å²) in [4.78, 5) is 17.2. The highest BCUT2D eigenvalue weighted by atomic mass is 19.1. The van der Waals surface area contributed by atoms with Crippen LogP contribution in [0.25, 0.3) is 11.0 Å². The number of carbonyl (C=O) groups excluding carboxylic acids is 1. The lowest BCUT2D eigenvalue weighted by molar-refractivity contribution is -0.121. The maximum absolute atomic E-state index is 13.8. The van der Waals surface area contributed by atoms with Gasteiger partial charge in [-0.05, 0) is 35.7 Å². The predicted molar refractivity (Wildman–Crippen MR) is 109 cm³/mol. The molecule has 2 heterocycles. The number of benzene rings is 2. The summed E-state index contributed by atoms with van der Waals surface area (Å²) >= 11 is 0. The average molecular weight is 391 g/mol. The number of hydrogen-bond acceptors (Lipinski definition) is 3. The lowest BCUT2D eigenvalue weighted by Gasteiger charge is -2.19. The Labute approximate surface area is 168 Å². The Kier molecular flexibility index (Phi) is 5.16. The van der Waals surface area contributed by atoms with E-state index in [2.05, 4.69) is 17.2 Å². The number of amides is 1. The van der Waals surface area contributed by atoms with Gasteiger partial charge in [-0.2, -0.15) is 0 Å². The second kappa shape index (κ2) is 7.91. The zero-order valence-electron chi connectivity index (χ0n) is 16.4. The fourth-order valence-electron chi connectivity index (χ4n) is 3.51. The van der Waals surface area contributed by atoms with Gasteiger partial charge in [-0.15, -0.1) is 0 Å². The summed E-state index contributed by atoms with van der Waals surface area (Å²) in [7, 11) is 1.84. The highest BCUT2D eigenvalue weighted by molar-refractivity contribution is 5.88. The highest BCUT2D eigenvalue weighted by Gasteiger charge is 2.22. The van der Waals surface area contributed by atoms with Gasteiger partial charge in [0.2, 0.25) is 5.91 Å². The van der Waals surface area contributed by atoms with Crippen molar-refractivity contribution in [2.45, 2.75) is 25.8 Å². The summed E-state index contributed by atoms with van der Waals surface area (Å²) in [6, 6.07) is 11.7. The van der Waals surface area contributed by atoms with Crippen LogP contribution in [0.4, 0.5) is 4.39 Å². The molecule has 1 N–H and O–H groups in total. The molecule has 29 heavy (non-hydrogen) atoms. The van der Waals surface area contributed by atoms with E-state index in [0.29, 0.717) is 11.4 Å². The highest BCUT2D eigenvalue weighted by Crippen LogP contribution is 2.25. The van der Waals surface area contributed by atoms with Crippen LogP contribution >= 0.6 is 0 Å². The second-order valence-electron chi connectivity index (χ2n) is 7.07. The van der Waals surface area contributed by atoms with Gasteiger partial charge >= 0.3 is 0 Å². The van der Waals surface area contributed by atoms with Gasteiger partial charge in [0.25, 0.3) is 0 Å². The maximum Gasteiger partial charge on any atom is 0.225 e. The summed E-state index contributed by atoms with van der Waals surface area (Å²) < 4.78 is 21.3. The lowest BCUT2D eigenvalue weighted by atomic mass is 10.0. The molecular weight excluding hydrogens is 369 g/mol. The Morgan fingerprint density at radius 3 is 2.86 bits per heavy atom. The van der Waals surface area contributed by atoms with Crippen LogP contribution < -0.4 is 5.32 Å². The standard InChI is InChI=1S/C23H22FN3O2/c1-3-15-7-8-19-17(14-29-20(19)11-15)13-21(28)26-22(23-25-9-10-27(23)2)16-5-4-6-18(24)12-16/h4-12,14,22H,3,13H2,1-2H3,(H,26,28). The van der Waals surface area contributed by atoms with Crippen molar-refractivity contribution in [2.75, 3.05) is 0 Å². The number of fused-ring (bicyclic) bond motifs is 1. The van der Waals surface area contributed by atoms with Gasteiger partial charge in [0, 0.05) is 30.4 Å². The number of nitrogens with zero attached hydrogens (tertiary/aromatic N) is 2. The number of imidazole rings is 1.